The fourth-order valence-corrected chi connectivity index (χ4v) is 3.58. The lowest BCUT2D eigenvalue weighted by Gasteiger charge is -2.48. The van der Waals surface area contributed by atoms with E-state index in [9.17, 15) is 9.59 Å². The lowest BCUT2D eigenvalue weighted by molar-refractivity contribution is -0.205. The molecule has 80 valence electrons. The first kappa shape index (κ1) is 9.13. The van der Waals surface area contributed by atoms with Crippen LogP contribution in [-0.4, -0.2) is 11.9 Å². The van der Waals surface area contributed by atoms with Gasteiger partial charge in [0, 0.05) is 5.41 Å². The molecule has 2 aliphatic carbocycles. The Morgan fingerprint density at radius 3 is 2.07 bits per heavy atom. The molecule has 1 aliphatic heterocycles. The maximum Gasteiger partial charge on any atom is 0.335 e. The molecule has 1 heterocycles. The highest BCUT2D eigenvalue weighted by atomic mass is 16.6. The highest BCUT2D eigenvalue weighted by Gasteiger charge is 2.76. The van der Waals surface area contributed by atoms with Gasteiger partial charge in [-0.2, -0.15) is 0 Å². The average Bonchev–Trinajstić information content (AvgIpc) is 2.48. The smallest absolute Gasteiger partial charge is 0.335 e. The van der Waals surface area contributed by atoms with Gasteiger partial charge in [-0.25, -0.2) is 9.59 Å². The Labute approximate surface area is 88.5 Å². The Balaban J connectivity index is 2.25. The molecule has 3 rings (SSSR count). The molecule has 3 nitrogen and oxygen atoms in total. The molecule has 0 aromatic heterocycles. The van der Waals surface area contributed by atoms with E-state index in [2.05, 4.69) is 18.6 Å². The van der Waals surface area contributed by atoms with Gasteiger partial charge in [0.1, 0.15) is 0 Å². The topological polar surface area (TPSA) is 43.4 Å². The minimum Gasteiger partial charge on any atom is -0.391 e. The number of hydrogen-bond acceptors (Lipinski definition) is 3. The average molecular weight is 206 g/mol. The number of rotatable bonds is 0. The molecule has 0 aromatic rings. The second-order valence-electron chi connectivity index (χ2n) is 5.61. The summed E-state index contributed by atoms with van der Waals surface area (Å²) in [6.45, 7) is 6.29. The van der Waals surface area contributed by atoms with E-state index >= 15 is 0 Å². The van der Waals surface area contributed by atoms with Crippen molar-refractivity contribution in [2.24, 2.45) is 16.2 Å². The molecule has 0 N–H and O–H groups in total. The molecule has 3 heteroatoms. The molecule has 15 heavy (non-hydrogen) atoms. The highest BCUT2D eigenvalue weighted by molar-refractivity contribution is 6.17. The van der Waals surface area contributed by atoms with Crippen molar-refractivity contribution in [3.63, 3.8) is 0 Å². The quantitative estimate of drug-likeness (QED) is 0.345. The van der Waals surface area contributed by atoms with Gasteiger partial charge in [0.2, 0.25) is 0 Å². The van der Waals surface area contributed by atoms with Crippen molar-refractivity contribution in [3.8, 4) is 0 Å². The van der Waals surface area contributed by atoms with Crippen molar-refractivity contribution in [2.45, 2.75) is 33.6 Å². The Morgan fingerprint density at radius 1 is 1.20 bits per heavy atom. The lowest BCUT2D eigenvalue weighted by Crippen LogP contribution is -2.61. The van der Waals surface area contributed by atoms with Crippen LogP contribution in [0, 0.1) is 16.2 Å². The molecule has 2 fully saturated rings. The van der Waals surface area contributed by atoms with Crippen molar-refractivity contribution in [2.75, 3.05) is 0 Å². The van der Waals surface area contributed by atoms with Crippen molar-refractivity contribution in [1.82, 2.24) is 0 Å². The van der Waals surface area contributed by atoms with E-state index in [1.54, 1.807) is 0 Å². The Hall–Kier alpha value is -1.12. The van der Waals surface area contributed by atoms with E-state index in [4.69, 9.17) is 0 Å². The van der Waals surface area contributed by atoms with Crippen LogP contribution >= 0.6 is 0 Å². The number of cyclic esters (lactones) is 2. The Morgan fingerprint density at radius 2 is 1.80 bits per heavy atom. The lowest BCUT2D eigenvalue weighted by atomic mass is 9.56. The van der Waals surface area contributed by atoms with Gasteiger partial charge in [0.05, 0.1) is 0 Å². The second kappa shape index (κ2) is 2.04. The molecule has 0 radical (unpaired) electrons. The molecule has 0 aromatic carbocycles. The number of carbonyl (C=O) groups is 2. The molecule has 1 unspecified atom stereocenters. The fourth-order valence-electron chi connectivity index (χ4n) is 3.58. The van der Waals surface area contributed by atoms with Crippen molar-refractivity contribution in [3.05, 3.63) is 11.6 Å². The first-order valence-corrected chi connectivity index (χ1v) is 5.35. The fraction of sp³-hybridized carbons (Fsp3) is 0.667. The van der Waals surface area contributed by atoms with Crippen LogP contribution in [0.15, 0.2) is 11.6 Å². The predicted molar refractivity (Wildman–Crippen MR) is 52.7 cm³/mol. The summed E-state index contributed by atoms with van der Waals surface area (Å²) in [4.78, 5) is 23.3. The van der Waals surface area contributed by atoms with Gasteiger partial charge in [-0.3, -0.25) is 0 Å². The molecule has 2 bridgehead atoms. The number of hydrogen-bond donors (Lipinski definition) is 0. The van der Waals surface area contributed by atoms with E-state index in [0.717, 1.165) is 12.8 Å². The Bertz CT molecular complexity index is 416. The van der Waals surface area contributed by atoms with Crippen LogP contribution in [0.1, 0.15) is 33.6 Å². The van der Waals surface area contributed by atoms with Crippen LogP contribution in [0.4, 0.5) is 0 Å². The summed E-state index contributed by atoms with van der Waals surface area (Å²) >= 11 is 0. The van der Waals surface area contributed by atoms with Crippen LogP contribution in [-0.2, 0) is 14.3 Å². The van der Waals surface area contributed by atoms with Crippen LogP contribution in [0.25, 0.3) is 0 Å². The summed E-state index contributed by atoms with van der Waals surface area (Å²) in [5.41, 5.74) is -0.0245. The third kappa shape index (κ3) is 0.613. The molecule has 1 saturated heterocycles. The number of carbonyl (C=O) groups excluding carboxylic acids is 2. The van der Waals surface area contributed by atoms with Crippen LogP contribution in [0.3, 0.4) is 0 Å². The normalized spacial score (nSPS) is 39.0. The van der Waals surface area contributed by atoms with E-state index in [-0.39, 0.29) is 22.8 Å². The van der Waals surface area contributed by atoms with E-state index in [1.165, 1.54) is 5.57 Å². The SMILES string of the molecule is CC1(C)C2=CC3(C(=O)OC3=O)C1(C)CC2. The van der Waals surface area contributed by atoms with Crippen LogP contribution < -0.4 is 0 Å². The highest BCUT2D eigenvalue weighted by Crippen LogP contribution is 2.72. The van der Waals surface area contributed by atoms with Gasteiger partial charge in [0.15, 0.2) is 5.41 Å². The third-order valence-electron chi connectivity index (χ3n) is 5.17. The maximum atomic E-state index is 11.7. The number of ether oxygens (including phenoxy) is 1. The van der Waals surface area contributed by atoms with Gasteiger partial charge in [0.25, 0.3) is 0 Å². The van der Waals surface area contributed by atoms with Gasteiger partial charge < -0.3 is 4.74 Å². The summed E-state index contributed by atoms with van der Waals surface area (Å²) in [7, 11) is 0. The standard InChI is InChI=1S/C12H14O3/c1-10(2)7-4-5-11(10,3)12(6-7)8(13)15-9(12)14/h6H,4-5H2,1-3H3. The van der Waals surface area contributed by atoms with E-state index in [1.807, 2.05) is 13.0 Å². The van der Waals surface area contributed by atoms with Gasteiger partial charge in [-0.1, -0.05) is 32.4 Å². The summed E-state index contributed by atoms with van der Waals surface area (Å²) < 4.78 is 4.57. The zero-order chi connectivity index (χ0) is 11.1. The molecular weight excluding hydrogens is 192 g/mol. The molecule has 1 atom stereocenters. The molecule has 1 spiro atoms. The molecule has 1 saturated carbocycles. The van der Waals surface area contributed by atoms with E-state index < -0.39 is 5.41 Å². The van der Waals surface area contributed by atoms with Gasteiger partial charge >= 0.3 is 11.9 Å². The number of esters is 2. The summed E-state index contributed by atoms with van der Waals surface area (Å²) in [5.74, 6) is -0.699. The van der Waals surface area contributed by atoms with Crippen LogP contribution in [0.2, 0.25) is 0 Å². The monoisotopic (exact) mass is 206 g/mol. The van der Waals surface area contributed by atoms with Crippen molar-refractivity contribution in [1.29, 1.82) is 0 Å². The zero-order valence-electron chi connectivity index (χ0n) is 9.22. The molecule has 3 aliphatic rings. The summed E-state index contributed by atoms with van der Waals surface area (Å²) in [5, 5.41) is 0. The number of fused-ring (bicyclic) bond motifs is 3. The van der Waals surface area contributed by atoms with Gasteiger partial charge in [-0.15, -0.1) is 0 Å². The minimum atomic E-state index is -0.940. The van der Waals surface area contributed by atoms with Crippen molar-refractivity contribution >= 4 is 11.9 Å². The third-order valence-corrected chi connectivity index (χ3v) is 5.17. The second-order valence-corrected chi connectivity index (χ2v) is 5.61. The maximum absolute atomic E-state index is 11.7. The van der Waals surface area contributed by atoms with Crippen molar-refractivity contribution < 1.29 is 14.3 Å². The summed E-state index contributed by atoms with van der Waals surface area (Å²) in [6.07, 6.45) is 3.79. The molecular formula is C12H14O3. The largest absolute Gasteiger partial charge is 0.391 e. The zero-order valence-corrected chi connectivity index (χ0v) is 9.22. The minimum absolute atomic E-state index is 0.0535. The summed E-state index contributed by atoms with van der Waals surface area (Å²) in [6, 6.07) is 0. The Kier molecular flexibility index (Phi) is 1.24. The van der Waals surface area contributed by atoms with E-state index in [0.29, 0.717) is 0 Å². The van der Waals surface area contributed by atoms with Gasteiger partial charge in [-0.05, 0) is 18.3 Å². The molecule has 0 amide bonds. The number of allylic oxidation sites excluding steroid dienone is 1. The first-order valence-electron chi connectivity index (χ1n) is 5.35. The predicted octanol–water partition coefficient (Wildman–Crippen LogP) is 1.82. The first-order chi connectivity index (χ1) is 6.86. The van der Waals surface area contributed by atoms with Crippen LogP contribution in [0.5, 0.6) is 0 Å².